The summed E-state index contributed by atoms with van der Waals surface area (Å²) in [6.45, 7) is 9.46. The Morgan fingerprint density at radius 3 is 1.42 bits per heavy atom. The standard InChI is InChI=1S/C13H21O5.Ti/c1-7(2)17-13(18-8(3)4)12(16)11(9(5)14)10(6)15;/h7-8,13H,1-6H3;. The zero-order valence-corrected chi connectivity index (χ0v) is 13.8. The number of Topliss-reactive ketones (excluding diaryl/α,β-unsaturated/α-hetero) is 3. The Kier molecular flexibility index (Phi) is 7.29. The molecule has 0 rings (SSSR count). The Labute approximate surface area is 125 Å². The summed E-state index contributed by atoms with van der Waals surface area (Å²) in [5, 5.41) is 0. The first-order valence-electron chi connectivity index (χ1n) is 6.15. The first kappa shape index (κ1) is 18.6. The van der Waals surface area contributed by atoms with Crippen LogP contribution in [0.25, 0.3) is 0 Å². The van der Waals surface area contributed by atoms with Crippen LogP contribution in [0.5, 0.6) is 0 Å². The molecule has 19 heavy (non-hydrogen) atoms. The van der Waals surface area contributed by atoms with Gasteiger partial charge >= 0.3 is 125 Å². The van der Waals surface area contributed by atoms with Gasteiger partial charge in [-0.15, -0.1) is 0 Å². The van der Waals surface area contributed by atoms with Gasteiger partial charge in [0.25, 0.3) is 0 Å². The van der Waals surface area contributed by atoms with Crippen LogP contribution in [0.1, 0.15) is 41.5 Å². The van der Waals surface area contributed by atoms with E-state index in [0.29, 0.717) is 0 Å². The number of ketones is 3. The van der Waals surface area contributed by atoms with Gasteiger partial charge in [-0.2, -0.15) is 0 Å². The van der Waals surface area contributed by atoms with Crippen molar-refractivity contribution in [2.45, 2.75) is 63.8 Å². The van der Waals surface area contributed by atoms with Gasteiger partial charge in [0.15, 0.2) is 0 Å². The summed E-state index contributed by atoms with van der Waals surface area (Å²) in [4.78, 5) is 35.8. The summed E-state index contributed by atoms with van der Waals surface area (Å²) in [6, 6.07) is 0. The minimum atomic E-state index is -1.71. The molecule has 0 aromatic carbocycles. The molecule has 0 saturated carbocycles. The van der Waals surface area contributed by atoms with Crippen molar-refractivity contribution >= 4 is 17.3 Å². The summed E-state index contributed by atoms with van der Waals surface area (Å²) in [5.74, 6) is -1.65. The van der Waals surface area contributed by atoms with E-state index in [9.17, 15) is 14.4 Å². The first-order chi connectivity index (χ1) is 8.53. The number of carbonyl (C=O) groups is 3. The summed E-state index contributed by atoms with van der Waals surface area (Å²) in [6.07, 6.45) is -1.72. The van der Waals surface area contributed by atoms with E-state index in [4.69, 9.17) is 9.47 Å². The van der Waals surface area contributed by atoms with Crippen molar-refractivity contribution in [2.75, 3.05) is 0 Å². The molecule has 107 valence electrons. The number of hydrogen-bond acceptors (Lipinski definition) is 5. The third-order valence-electron chi connectivity index (χ3n) is 2.43. The van der Waals surface area contributed by atoms with Gasteiger partial charge in [0, 0.05) is 0 Å². The molecule has 0 aliphatic carbocycles. The Hall–Kier alpha value is -0.356. The molecular weight excluding hydrogens is 284 g/mol. The van der Waals surface area contributed by atoms with Crippen LogP contribution in [-0.2, 0) is 44.3 Å². The van der Waals surface area contributed by atoms with E-state index in [1.807, 2.05) is 0 Å². The van der Waals surface area contributed by atoms with Gasteiger partial charge in [-0.1, -0.05) is 0 Å². The van der Waals surface area contributed by atoms with E-state index in [-0.39, 0.29) is 12.2 Å². The van der Waals surface area contributed by atoms with Crippen molar-refractivity contribution in [3.8, 4) is 0 Å². The van der Waals surface area contributed by atoms with Gasteiger partial charge in [0.05, 0.1) is 0 Å². The Morgan fingerprint density at radius 1 is 0.895 bits per heavy atom. The summed E-state index contributed by atoms with van der Waals surface area (Å²) in [7, 11) is 0. The summed E-state index contributed by atoms with van der Waals surface area (Å²) >= 11 is 1.32. The molecule has 0 aromatic rings. The molecule has 0 radical (unpaired) electrons. The second-order valence-corrected chi connectivity index (χ2v) is 6.10. The van der Waals surface area contributed by atoms with Crippen molar-refractivity contribution in [1.29, 1.82) is 0 Å². The zero-order valence-electron chi connectivity index (χ0n) is 12.3. The fraction of sp³-hybridized carbons (Fsp3) is 0.769. The number of hydrogen-bond donors (Lipinski definition) is 0. The Morgan fingerprint density at radius 2 is 1.21 bits per heavy atom. The second kappa shape index (κ2) is 7.43. The Bertz CT molecular complexity index is 338. The first-order valence-corrected chi connectivity index (χ1v) is 6.93. The molecule has 5 nitrogen and oxygen atoms in total. The van der Waals surface area contributed by atoms with Crippen LogP contribution in [-0.4, -0.2) is 35.8 Å². The molecule has 0 unspecified atom stereocenters. The summed E-state index contributed by atoms with van der Waals surface area (Å²) in [5.41, 5.74) is 0. The van der Waals surface area contributed by atoms with Gasteiger partial charge in [0.2, 0.25) is 0 Å². The molecule has 0 bridgehead atoms. The van der Waals surface area contributed by atoms with Crippen LogP contribution in [0.15, 0.2) is 0 Å². The van der Waals surface area contributed by atoms with Gasteiger partial charge in [-0.05, 0) is 0 Å². The molecule has 0 spiro atoms. The molecule has 0 aliphatic heterocycles. The van der Waals surface area contributed by atoms with Crippen molar-refractivity contribution in [1.82, 2.24) is 0 Å². The average Bonchev–Trinajstić information content (AvgIpc) is 2.23. The number of carbonyl (C=O) groups excluding carboxylic acids is 3. The van der Waals surface area contributed by atoms with Crippen LogP contribution in [0.4, 0.5) is 0 Å². The van der Waals surface area contributed by atoms with Crippen molar-refractivity contribution < 1.29 is 44.3 Å². The predicted octanol–water partition coefficient (Wildman–Crippen LogP) is 1.62. The minimum absolute atomic E-state index is 0.254. The summed E-state index contributed by atoms with van der Waals surface area (Å²) < 4.78 is 9.07. The molecule has 0 heterocycles. The van der Waals surface area contributed by atoms with Crippen molar-refractivity contribution in [3.63, 3.8) is 0 Å². The van der Waals surface area contributed by atoms with E-state index >= 15 is 0 Å². The van der Waals surface area contributed by atoms with Gasteiger partial charge in [-0.25, -0.2) is 0 Å². The van der Waals surface area contributed by atoms with Crippen LogP contribution in [0.2, 0.25) is 3.72 Å². The Balaban J connectivity index is 5.36. The third-order valence-corrected chi connectivity index (χ3v) is 3.92. The van der Waals surface area contributed by atoms with Crippen LogP contribution < -0.4 is 0 Å². The van der Waals surface area contributed by atoms with E-state index < -0.39 is 27.4 Å². The second-order valence-electron chi connectivity index (χ2n) is 4.93. The number of rotatable bonds is 8. The van der Waals surface area contributed by atoms with E-state index in [1.165, 1.54) is 34.3 Å². The van der Waals surface area contributed by atoms with Gasteiger partial charge < -0.3 is 0 Å². The molecule has 6 heteroatoms. The van der Waals surface area contributed by atoms with E-state index in [1.54, 1.807) is 27.7 Å². The average molecular weight is 305 g/mol. The predicted molar refractivity (Wildman–Crippen MR) is 65.3 cm³/mol. The fourth-order valence-electron chi connectivity index (χ4n) is 1.42. The van der Waals surface area contributed by atoms with Gasteiger partial charge in [0.1, 0.15) is 0 Å². The third kappa shape index (κ3) is 4.91. The molecule has 0 aromatic heterocycles. The van der Waals surface area contributed by atoms with Crippen LogP contribution in [0, 0.1) is 0 Å². The zero-order chi connectivity index (χ0) is 15.4. The fourth-order valence-corrected chi connectivity index (χ4v) is 1.61. The van der Waals surface area contributed by atoms with Gasteiger partial charge in [-0.3, -0.25) is 0 Å². The van der Waals surface area contributed by atoms with E-state index in [0.717, 1.165) is 0 Å². The topological polar surface area (TPSA) is 69.7 Å². The van der Waals surface area contributed by atoms with Crippen LogP contribution >= 0.6 is 0 Å². The maximum atomic E-state index is 12.4. The maximum absolute atomic E-state index is 12.4. The number of ether oxygens (including phenoxy) is 2. The molecule has 0 atom stereocenters. The quantitative estimate of drug-likeness (QED) is 0.387. The molecule has 0 aliphatic rings. The molecular formula is C13H21O5Ti. The molecule has 0 N–H and O–H groups in total. The molecule has 0 fully saturated rings. The monoisotopic (exact) mass is 305 g/mol. The van der Waals surface area contributed by atoms with Crippen molar-refractivity contribution in [2.24, 2.45) is 0 Å². The van der Waals surface area contributed by atoms with Crippen molar-refractivity contribution in [3.05, 3.63) is 0 Å². The molecule has 0 saturated heterocycles. The van der Waals surface area contributed by atoms with E-state index in [2.05, 4.69) is 0 Å². The normalized spacial score (nSPS) is 12.2. The van der Waals surface area contributed by atoms with Crippen LogP contribution in [0.3, 0.4) is 0 Å². The molecule has 0 amide bonds. The SMILES string of the molecule is CC(=O)[C]([Ti])(C(C)=O)C(=O)C(OC(C)C)OC(C)C.